The molecule has 5 nitrogen and oxygen atoms in total. The predicted molar refractivity (Wildman–Crippen MR) is 113 cm³/mol. The van der Waals surface area contributed by atoms with E-state index in [4.69, 9.17) is 0 Å². The van der Waals surface area contributed by atoms with Crippen molar-refractivity contribution in [3.63, 3.8) is 0 Å². The van der Waals surface area contributed by atoms with Crippen molar-refractivity contribution in [2.75, 3.05) is 44.2 Å². The second kappa shape index (κ2) is 9.33. The second-order valence-corrected chi connectivity index (χ2v) is 8.62. The number of hydrogen-bond donors (Lipinski definition) is 1. The van der Waals surface area contributed by atoms with Crippen molar-refractivity contribution in [1.82, 2.24) is 15.2 Å². The molecule has 27 heavy (non-hydrogen) atoms. The highest BCUT2D eigenvalue weighted by Crippen LogP contribution is 2.20. The molecule has 0 bridgehead atoms. The number of anilines is 1. The number of carbonyl (C=O) groups is 1. The predicted octanol–water partition coefficient (Wildman–Crippen LogP) is 3.20. The Morgan fingerprint density at radius 2 is 1.89 bits per heavy atom. The van der Waals surface area contributed by atoms with Gasteiger partial charge in [0.15, 0.2) is 0 Å². The van der Waals surface area contributed by atoms with Crippen LogP contribution in [0.5, 0.6) is 0 Å². The molecular formula is C21H30N4OS. The molecule has 0 unspecified atom stereocenters. The summed E-state index contributed by atoms with van der Waals surface area (Å²) in [4.78, 5) is 22.6. The van der Waals surface area contributed by atoms with Gasteiger partial charge in [-0.2, -0.15) is 0 Å². The minimum absolute atomic E-state index is 0.0166. The lowest BCUT2D eigenvalue weighted by Gasteiger charge is -2.36. The number of thiazole rings is 1. The van der Waals surface area contributed by atoms with Gasteiger partial charge >= 0.3 is 0 Å². The van der Waals surface area contributed by atoms with Gasteiger partial charge in [0.2, 0.25) is 0 Å². The van der Waals surface area contributed by atoms with E-state index in [0.717, 1.165) is 54.7 Å². The number of piperazine rings is 1. The topological polar surface area (TPSA) is 48.5 Å². The summed E-state index contributed by atoms with van der Waals surface area (Å²) in [5.41, 5.74) is 2.15. The molecule has 1 aliphatic heterocycles. The molecule has 6 heteroatoms. The summed E-state index contributed by atoms with van der Waals surface area (Å²) in [6.45, 7) is 12.0. The van der Waals surface area contributed by atoms with E-state index in [0.29, 0.717) is 12.5 Å². The van der Waals surface area contributed by atoms with Crippen LogP contribution in [-0.4, -0.2) is 55.1 Å². The molecule has 146 valence electrons. The van der Waals surface area contributed by atoms with Gasteiger partial charge in [0.1, 0.15) is 4.88 Å². The maximum atomic E-state index is 12.5. The number of para-hydroxylation sites is 1. The molecule has 0 aliphatic carbocycles. The number of rotatable bonds is 7. The third-order valence-electron chi connectivity index (χ3n) is 4.84. The summed E-state index contributed by atoms with van der Waals surface area (Å²) in [5.74, 6) is 0.573. The number of aromatic nitrogens is 1. The minimum Gasteiger partial charge on any atom is -0.369 e. The van der Waals surface area contributed by atoms with Crippen LogP contribution in [0.3, 0.4) is 0 Å². The number of hydrogen-bond acceptors (Lipinski definition) is 5. The Hall–Kier alpha value is -1.92. The normalized spacial score (nSPS) is 15.3. The zero-order valence-corrected chi connectivity index (χ0v) is 17.4. The molecule has 1 saturated heterocycles. The minimum atomic E-state index is 0.0166. The van der Waals surface area contributed by atoms with E-state index in [1.165, 1.54) is 17.0 Å². The Labute approximate surface area is 166 Å². The molecule has 0 saturated carbocycles. The van der Waals surface area contributed by atoms with Crippen molar-refractivity contribution in [2.45, 2.75) is 27.2 Å². The van der Waals surface area contributed by atoms with Crippen LogP contribution in [0.25, 0.3) is 0 Å². The Kier molecular flexibility index (Phi) is 6.85. The van der Waals surface area contributed by atoms with Crippen LogP contribution in [0, 0.1) is 12.8 Å². The molecule has 1 aliphatic rings. The van der Waals surface area contributed by atoms with Crippen LogP contribution in [0.2, 0.25) is 0 Å². The van der Waals surface area contributed by atoms with Gasteiger partial charge in [-0.25, -0.2) is 4.98 Å². The SMILES string of the molecule is Cc1nc(CC(C)C)sc1C(=O)NCCN1CCN(c2ccccc2)CC1. The lowest BCUT2D eigenvalue weighted by Crippen LogP contribution is -2.48. The van der Waals surface area contributed by atoms with Crippen molar-refractivity contribution in [3.8, 4) is 0 Å². The molecule has 2 aromatic rings. The number of amides is 1. The van der Waals surface area contributed by atoms with Crippen LogP contribution in [0.15, 0.2) is 30.3 Å². The highest BCUT2D eigenvalue weighted by Gasteiger charge is 2.18. The monoisotopic (exact) mass is 386 g/mol. The zero-order chi connectivity index (χ0) is 19.2. The molecule has 0 radical (unpaired) electrons. The van der Waals surface area contributed by atoms with Gasteiger partial charge in [0, 0.05) is 51.4 Å². The van der Waals surface area contributed by atoms with Crippen molar-refractivity contribution in [1.29, 1.82) is 0 Å². The van der Waals surface area contributed by atoms with Crippen molar-refractivity contribution in [3.05, 3.63) is 45.9 Å². The van der Waals surface area contributed by atoms with Gasteiger partial charge in [-0.1, -0.05) is 32.0 Å². The summed E-state index contributed by atoms with van der Waals surface area (Å²) in [7, 11) is 0. The fourth-order valence-electron chi connectivity index (χ4n) is 3.38. The van der Waals surface area contributed by atoms with E-state index in [2.05, 4.69) is 64.3 Å². The van der Waals surface area contributed by atoms with Crippen LogP contribution in [-0.2, 0) is 6.42 Å². The Morgan fingerprint density at radius 1 is 1.19 bits per heavy atom. The van der Waals surface area contributed by atoms with Crippen LogP contribution >= 0.6 is 11.3 Å². The largest absolute Gasteiger partial charge is 0.369 e. The molecule has 1 amide bonds. The molecule has 1 aromatic carbocycles. The fraction of sp³-hybridized carbons (Fsp3) is 0.524. The first-order chi connectivity index (χ1) is 13.0. The number of aryl methyl sites for hydroxylation is 1. The van der Waals surface area contributed by atoms with Gasteiger partial charge in [-0.3, -0.25) is 9.69 Å². The smallest absolute Gasteiger partial charge is 0.263 e. The van der Waals surface area contributed by atoms with Crippen LogP contribution in [0.4, 0.5) is 5.69 Å². The number of carbonyl (C=O) groups excluding carboxylic acids is 1. The van der Waals surface area contributed by atoms with E-state index < -0.39 is 0 Å². The third kappa shape index (κ3) is 5.53. The highest BCUT2D eigenvalue weighted by atomic mass is 32.1. The summed E-state index contributed by atoms with van der Waals surface area (Å²) < 4.78 is 0. The zero-order valence-electron chi connectivity index (χ0n) is 16.6. The number of nitrogens with zero attached hydrogens (tertiary/aromatic N) is 3. The van der Waals surface area contributed by atoms with E-state index in [-0.39, 0.29) is 5.91 Å². The molecule has 1 aromatic heterocycles. The Balaban J connectivity index is 1.41. The van der Waals surface area contributed by atoms with Crippen LogP contribution in [0.1, 0.15) is 34.2 Å². The lowest BCUT2D eigenvalue weighted by atomic mass is 10.1. The Bertz CT molecular complexity index is 736. The standard InChI is InChI=1S/C21H30N4OS/c1-16(2)15-19-23-17(3)20(27-19)21(26)22-9-10-24-11-13-25(14-12-24)18-7-5-4-6-8-18/h4-8,16H,9-15H2,1-3H3,(H,22,26). The van der Waals surface area contributed by atoms with E-state index in [1.54, 1.807) is 0 Å². The molecule has 0 atom stereocenters. The molecule has 1 fully saturated rings. The summed E-state index contributed by atoms with van der Waals surface area (Å²) in [5, 5.41) is 4.13. The van der Waals surface area contributed by atoms with Crippen molar-refractivity contribution < 1.29 is 4.79 Å². The average molecular weight is 387 g/mol. The summed E-state index contributed by atoms with van der Waals surface area (Å²) >= 11 is 1.54. The lowest BCUT2D eigenvalue weighted by molar-refractivity contribution is 0.0951. The van der Waals surface area contributed by atoms with E-state index in [1.807, 2.05) is 6.92 Å². The summed E-state index contributed by atoms with van der Waals surface area (Å²) in [6.07, 6.45) is 0.935. The highest BCUT2D eigenvalue weighted by molar-refractivity contribution is 7.13. The number of benzene rings is 1. The fourth-order valence-corrected chi connectivity index (χ4v) is 4.57. The van der Waals surface area contributed by atoms with E-state index >= 15 is 0 Å². The first-order valence-electron chi connectivity index (χ1n) is 9.80. The van der Waals surface area contributed by atoms with Gasteiger partial charge in [-0.15, -0.1) is 11.3 Å². The van der Waals surface area contributed by atoms with E-state index in [9.17, 15) is 4.79 Å². The molecule has 3 rings (SSSR count). The Morgan fingerprint density at radius 3 is 2.56 bits per heavy atom. The van der Waals surface area contributed by atoms with Gasteiger partial charge in [0.05, 0.1) is 10.7 Å². The first-order valence-corrected chi connectivity index (χ1v) is 10.6. The number of nitrogens with one attached hydrogen (secondary N) is 1. The summed E-state index contributed by atoms with van der Waals surface area (Å²) in [6, 6.07) is 10.6. The van der Waals surface area contributed by atoms with Gasteiger partial charge in [-0.05, 0) is 25.0 Å². The molecule has 0 spiro atoms. The molecular weight excluding hydrogens is 356 g/mol. The maximum Gasteiger partial charge on any atom is 0.263 e. The second-order valence-electron chi connectivity index (χ2n) is 7.54. The maximum absolute atomic E-state index is 12.5. The molecule has 2 heterocycles. The van der Waals surface area contributed by atoms with Crippen molar-refractivity contribution in [2.24, 2.45) is 5.92 Å². The van der Waals surface area contributed by atoms with Crippen molar-refractivity contribution >= 4 is 22.9 Å². The third-order valence-corrected chi connectivity index (χ3v) is 6.02. The van der Waals surface area contributed by atoms with Gasteiger partial charge in [0.25, 0.3) is 5.91 Å². The van der Waals surface area contributed by atoms with Gasteiger partial charge < -0.3 is 10.2 Å². The van der Waals surface area contributed by atoms with Crippen LogP contribution < -0.4 is 10.2 Å². The quantitative estimate of drug-likeness (QED) is 0.794. The average Bonchev–Trinajstić information content (AvgIpc) is 3.02. The molecule has 1 N–H and O–H groups in total. The first kappa shape index (κ1) is 19.8.